The van der Waals surface area contributed by atoms with Crippen molar-refractivity contribution in [2.45, 2.75) is 399 Å². The Labute approximate surface area is 493 Å². The average molecular weight is 1110 g/mol. The van der Waals surface area contributed by atoms with E-state index in [4.69, 9.17) is 14.2 Å². The lowest BCUT2D eigenvalue weighted by atomic mass is 10.0. The van der Waals surface area contributed by atoms with Crippen molar-refractivity contribution in [3.05, 3.63) is 36.5 Å². The van der Waals surface area contributed by atoms with E-state index in [1.54, 1.807) is 0 Å². The van der Waals surface area contributed by atoms with Crippen molar-refractivity contribution >= 4 is 17.9 Å². The van der Waals surface area contributed by atoms with Gasteiger partial charge in [0.25, 0.3) is 0 Å². The molecule has 0 N–H and O–H groups in total. The van der Waals surface area contributed by atoms with Crippen molar-refractivity contribution in [3.63, 3.8) is 0 Å². The molecule has 0 aromatic rings. The maximum Gasteiger partial charge on any atom is 0.306 e. The number of carbonyl (C=O) groups excluding carboxylic acids is 3. The number of esters is 3. The van der Waals surface area contributed by atoms with E-state index in [0.717, 1.165) is 64.2 Å². The Morgan fingerprint density at radius 1 is 0.253 bits per heavy atom. The molecule has 6 nitrogen and oxygen atoms in total. The molecule has 0 rings (SSSR count). The van der Waals surface area contributed by atoms with E-state index in [2.05, 4.69) is 57.2 Å². The third kappa shape index (κ3) is 66.3. The van der Waals surface area contributed by atoms with Gasteiger partial charge in [-0.25, -0.2) is 0 Å². The second-order valence-electron chi connectivity index (χ2n) is 24.1. The first-order chi connectivity index (χ1) is 39.0. The Kier molecular flexibility index (Phi) is 66.1. The van der Waals surface area contributed by atoms with Crippen molar-refractivity contribution < 1.29 is 28.6 Å². The van der Waals surface area contributed by atoms with Crippen LogP contribution in [0.2, 0.25) is 0 Å². The molecule has 0 radical (unpaired) electrons. The minimum Gasteiger partial charge on any atom is -0.462 e. The molecule has 0 aliphatic rings. The van der Waals surface area contributed by atoms with Crippen LogP contribution in [0.1, 0.15) is 393 Å². The van der Waals surface area contributed by atoms with Gasteiger partial charge in [-0.15, -0.1) is 0 Å². The Bertz CT molecular complexity index is 1320. The van der Waals surface area contributed by atoms with E-state index >= 15 is 0 Å². The van der Waals surface area contributed by atoms with Crippen LogP contribution >= 0.6 is 0 Å². The lowest BCUT2D eigenvalue weighted by molar-refractivity contribution is -0.167. The van der Waals surface area contributed by atoms with Gasteiger partial charge in [0.15, 0.2) is 6.10 Å². The van der Waals surface area contributed by atoms with Gasteiger partial charge in [-0.1, -0.05) is 333 Å². The van der Waals surface area contributed by atoms with E-state index in [-0.39, 0.29) is 31.1 Å². The molecular weight excluding hydrogens is 973 g/mol. The standard InChI is InChI=1S/C73H136O6/c1-4-7-10-13-16-19-22-25-27-29-31-33-34-35-36-37-38-40-41-43-45-48-51-54-57-60-63-66-72(75)78-69-70(68-77-71(74)65-62-59-56-53-50-47-24-21-18-15-12-9-6-3)79-73(76)67-64-61-58-55-52-49-46-44-42-39-32-30-28-26-23-20-17-14-11-8-5-2/h23,26,29-32,70H,4-22,24-25,27-28,33-69H2,1-3H3/b26-23-,31-29-,32-30-. The summed E-state index contributed by atoms with van der Waals surface area (Å²) in [5, 5.41) is 0. The van der Waals surface area contributed by atoms with Gasteiger partial charge >= 0.3 is 17.9 Å². The molecular formula is C73H136O6. The molecule has 0 aromatic heterocycles. The van der Waals surface area contributed by atoms with Gasteiger partial charge in [-0.05, 0) is 77.0 Å². The van der Waals surface area contributed by atoms with Crippen LogP contribution in [0.15, 0.2) is 36.5 Å². The summed E-state index contributed by atoms with van der Waals surface area (Å²) in [7, 11) is 0. The molecule has 0 amide bonds. The molecule has 0 aliphatic carbocycles. The summed E-state index contributed by atoms with van der Waals surface area (Å²) < 4.78 is 17.0. The van der Waals surface area contributed by atoms with Gasteiger partial charge in [0.1, 0.15) is 13.2 Å². The fourth-order valence-corrected chi connectivity index (χ4v) is 10.8. The van der Waals surface area contributed by atoms with Gasteiger partial charge in [0.05, 0.1) is 0 Å². The van der Waals surface area contributed by atoms with Gasteiger partial charge in [0, 0.05) is 19.3 Å². The topological polar surface area (TPSA) is 78.9 Å². The quantitative estimate of drug-likeness (QED) is 0.0261. The van der Waals surface area contributed by atoms with Gasteiger partial charge < -0.3 is 14.2 Å². The smallest absolute Gasteiger partial charge is 0.306 e. The molecule has 0 aliphatic heterocycles. The molecule has 0 saturated carbocycles. The molecule has 0 saturated heterocycles. The molecule has 79 heavy (non-hydrogen) atoms. The highest BCUT2D eigenvalue weighted by molar-refractivity contribution is 5.71. The summed E-state index contributed by atoms with van der Waals surface area (Å²) in [5.74, 6) is -0.844. The number of hydrogen-bond acceptors (Lipinski definition) is 6. The maximum atomic E-state index is 12.9. The predicted molar refractivity (Wildman–Crippen MR) is 344 cm³/mol. The second-order valence-corrected chi connectivity index (χ2v) is 24.1. The van der Waals surface area contributed by atoms with E-state index in [1.165, 1.54) is 289 Å². The highest BCUT2D eigenvalue weighted by Crippen LogP contribution is 2.18. The van der Waals surface area contributed by atoms with Crippen LogP contribution in [0.25, 0.3) is 0 Å². The Morgan fingerprint density at radius 2 is 0.456 bits per heavy atom. The Hall–Kier alpha value is -2.37. The zero-order chi connectivity index (χ0) is 57.1. The molecule has 0 fully saturated rings. The van der Waals surface area contributed by atoms with Gasteiger partial charge in [-0.2, -0.15) is 0 Å². The van der Waals surface area contributed by atoms with Gasteiger partial charge in [0.2, 0.25) is 0 Å². The average Bonchev–Trinajstić information content (AvgIpc) is 3.45. The van der Waals surface area contributed by atoms with Crippen LogP contribution in [0.4, 0.5) is 0 Å². The molecule has 1 atom stereocenters. The minimum absolute atomic E-state index is 0.0685. The van der Waals surface area contributed by atoms with Gasteiger partial charge in [-0.3, -0.25) is 14.4 Å². The summed E-state index contributed by atoms with van der Waals surface area (Å²) >= 11 is 0. The highest BCUT2D eigenvalue weighted by atomic mass is 16.6. The number of hydrogen-bond donors (Lipinski definition) is 0. The van der Waals surface area contributed by atoms with Crippen LogP contribution in [0, 0.1) is 0 Å². The first kappa shape index (κ1) is 76.6. The Balaban J connectivity index is 4.22. The summed E-state index contributed by atoms with van der Waals surface area (Å²) in [5.41, 5.74) is 0. The van der Waals surface area contributed by atoms with Crippen molar-refractivity contribution in [3.8, 4) is 0 Å². The predicted octanol–water partition coefficient (Wildman–Crippen LogP) is 24.3. The molecule has 0 spiro atoms. The lowest BCUT2D eigenvalue weighted by Crippen LogP contribution is -2.30. The number of ether oxygens (including phenoxy) is 3. The number of unbranched alkanes of at least 4 members (excludes halogenated alkanes) is 49. The third-order valence-electron chi connectivity index (χ3n) is 16.1. The fourth-order valence-electron chi connectivity index (χ4n) is 10.8. The third-order valence-corrected chi connectivity index (χ3v) is 16.1. The second kappa shape index (κ2) is 68.1. The monoisotopic (exact) mass is 1110 g/mol. The van der Waals surface area contributed by atoms with E-state index in [0.29, 0.717) is 19.3 Å². The number of allylic oxidation sites excluding steroid dienone is 6. The molecule has 6 heteroatoms. The van der Waals surface area contributed by atoms with E-state index < -0.39 is 6.10 Å². The Morgan fingerprint density at radius 3 is 0.709 bits per heavy atom. The van der Waals surface area contributed by atoms with Crippen LogP contribution in [0.5, 0.6) is 0 Å². The first-order valence-corrected chi connectivity index (χ1v) is 35.5. The molecule has 0 aromatic carbocycles. The van der Waals surface area contributed by atoms with Crippen LogP contribution < -0.4 is 0 Å². The molecule has 1 unspecified atom stereocenters. The van der Waals surface area contributed by atoms with Crippen molar-refractivity contribution in [2.75, 3.05) is 13.2 Å². The minimum atomic E-state index is -0.772. The van der Waals surface area contributed by atoms with Crippen LogP contribution in [-0.2, 0) is 28.6 Å². The largest absolute Gasteiger partial charge is 0.462 e. The van der Waals surface area contributed by atoms with Crippen molar-refractivity contribution in [1.82, 2.24) is 0 Å². The summed E-state index contributed by atoms with van der Waals surface area (Å²) in [4.78, 5) is 38.4. The normalized spacial score (nSPS) is 12.2. The first-order valence-electron chi connectivity index (χ1n) is 35.5. The zero-order valence-electron chi connectivity index (χ0n) is 53.4. The molecule has 464 valence electrons. The van der Waals surface area contributed by atoms with E-state index in [1.807, 2.05) is 0 Å². The van der Waals surface area contributed by atoms with Crippen molar-refractivity contribution in [2.24, 2.45) is 0 Å². The number of rotatable bonds is 66. The summed E-state index contributed by atoms with van der Waals surface area (Å²) in [6, 6.07) is 0. The zero-order valence-corrected chi connectivity index (χ0v) is 53.4. The molecule has 0 bridgehead atoms. The van der Waals surface area contributed by atoms with Crippen molar-refractivity contribution in [1.29, 1.82) is 0 Å². The summed E-state index contributed by atoms with van der Waals surface area (Å²) in [6.07, 6.45) is 84.6. The van der Waals surface area contributed by atoms with Crippen LogP contribution in [0.3, 0.4) is 0 Å². The maximum absolute atomic E-state index is 12.9. The van der Waals surface area contributed by atoms with Crippen LogP contribution in [-0.4, -0.2) is 37.2 Å². The van der Waals surface area contributed by atoms with E-state index in [9.17, 15) is 14.4 Å². The molecule has 0 heterocycles. The highest BCUT2D eigenvalue weighted by Gasteiger charge is 2.19. The summed E-state index contributed by atoms with van der Waals surface area (Å²) in [6.45, 7) is 6.70. The number of carbonyl (C=O) groups is 3. The fraction of sp³-hybridized carbons (Fsp3) is 0.877. The SMILES string of the molecule is CCCCCCC/C=C\C/C=C\CCCCCCCCCCCC(=O)OC(COC(=O)CCCCCCCCCCCCCCC)COC(=O)CCCCCCCCCCCCCCCCC/C=C\CCCCCCCCCC. The lowest BCUT2D eigenvalue weighted by Gasteiger charge is -2.18.